The number of ether oxygens (including phenoxy) is 1. The summed E-state index contributed by atoms with van der Waals surface area (Å²) < 4.78 is 6.40. The van der Waals surface area contributed by atoms with Gasteiger partial charge in [0.05, 0.1) is 11.8 Å². The van der Waals surface area contributed by atoms with E-state index in [-0.39, 0.29) is 0 Å². The van der Waals surface area contributed by atoms with Gasteiger partial charge >= 0.3 is 5.97 Å². The molecule has 3 rings (SSSR count). The first-order valence-electron chi connectivity index (χ1n) is 9.28. The van der Waals surface area contributed by atoms with Crippen molar-refractivity contribution < 1.29 is 9.53 Å². The molecular weight excluding hydrogens is 438 g/mol. The van der Waals surface area contributed by atoms with Crippen LogP contribution in [0.4, 0.5) is 0 Å². The number of thiocarbonyl (C=S) groups is 1. The van der Waals surface area contributed by atoms with Gasteiger partial charge in [-0.1, -0.05) is 53.4 Å². The van der Waals surface area contributed by atoms with Gasteiger partial charge in [0.1, 0.15) is 5.75 Å². The molecule has 0 saturated heterocycles. The van der Waals surface area contributed by atoms with Crippen LogP contribution in [0.25, 0.3) is 0 Å². The molecule has 0 spiro atoms. The molecule has 0 bridgehead atoms. The highest BCUT2D eigenvalue weighted by atomic mass is 79.9. The fraction of sp³-hybridized carbons (Fsp3) is 0.286. The molecule has 1 fully saturated rings. The fourth-order valence-electron chi connectivity index (χ4n) is 3.07. The third-order valence-corrected chi connectivity index (χ3v) is 5.20. The normalized spacial score (nSPS) is 14.6. The maximum atomic E-state index is 12.3. The predicted octanol–water partition coefficient (Wildman–Crippen LogP) is 4.80. The van der Waals surface area contributed by atoms with Crippen LogP contribution in [-0.4, -0.2) is 23.3 Å². The zero-order valence-corrected chi connectivity index (χ0v) is 17.8. The number of carbonyl (C=O) groups excluding carboxylic acids is 1. The molecule has 2 aromatic carbocycles. The lowest BCUT2D eigenvalue weighted by atomic mass is 9.96. The number of nitrogens with zero attached hydrogens (tertiary/aromatic N) is 1. The maximum absolute atomic E-state index is 12.3. The molecule has 0 amide bonds. The van der Waals surface area contributed by atoms with Gasteiger partial charge in [-0.05, 0) is 55.4 Å². The van der Waals surface area contributed by atoms with Crippen LogP contribution in [0.2, 0.25) is 0 Å². The highest BCUT2D eigenvalue weighted by molar-refractivity contribution is 9.10. The molecule has 28 heavy (non-hydrogen) atoms. The maximum Gasteiger partial charge on any atom is 0.343 e. The minimum absolute atomic E-state index is 0.414. The van der Waals surface area contributed by atoms with E-state index in [1.54, 1.807) is 36.5 Å². The standard InChI is InChI=1S/C21H22BrN3O2S/c22-17-11-12-19(27-20(26)15-7-3-1-4-8-15)16(13-17)14-23-25-21(28)24-18-9-5-2-6-10-18/h1,3-4,7-8,11-14,18H,2,5-6,9-10H2,(H2,24,25,28)/b23-14+. The zero-order chi connectivity index (χ0) is 19.8. The fourth-order valence-corrected chi connectivity index (χ4v) is 3.67. The molecule has 0 atom stereocenters. The molecule has 1 aliphatic rings. The van der Waals surface area contributed by atoms with E-state index >= 15 is 0 Å². The predicted molar refractivity (Wildman–Crippen MR) is 119 cm³/mol. The molecule has 0 aromatic heterocycles. The van der Waals surface area contributed by atoms with Crippen LogP contribution >= 0.6 is 28.1 Å². The van der Waals surface area contributed by atoms with Crippen LogP contribution in [0.1, 0.15) is 48.0 Å². The number of esters is 1. The van der Waals surface area contributed by atoms with Gasteiger partial charge in [-0.3, -0.25) is 5.43 Å². The molecule has 146 valence electrons. The summed E-state index contributed by atoms with van der Waals surface area (Å²) >= 11 is 8.75. The Morgan fingerprint density at radius 1 is 1.14 bits per heavy atom. The molecule has 7 heteroatoms. The van der Waals surface area contributed by atoms with Crippen molar-refractivity contribution in [1.29, 1.82) is 0 Å². The number of halogens is 1. The summed E-state index contributed by atoms with van der Waals surface area (Å²) in [6.45, 7) is 0. The first-order chi connectivity index (χ1) is 13.6. The quantitative estimate of drug-likeness (QED) is 0.221. The Bertz CT molecular complexity index is 852. The third-order valence-electron chi connectivity index (χ3n) is 4.49. The van der Waals surface area contributed by atoms with Crippen molar-refractivity contribution in [2.45, 2.75) is 38.1 Å². The number of hydrogen-bond acceptors (Lipinski definition) is 4. The van der Waals surface area contributed by atoms with Crippen molar-refractivity contribution in [2.75, 3.05) is 0 Å². The van der Waals surface area contributed by atoms with E-state index in [2.05, 4.69) is 31.8 Å². The highest BCUT2D eigenvalue weighted by Gasteiger charge is 2.14. The first kappa shape index (κ1) is 20.5. The minimum Gasteiger partial charge on any atom is -0.422 e. The van der Waals surface area contributed by atoms with E-state index in [4.69, 9.17) is 17.0 Å². The topological polar surface area (TPSA) is 62.7 Å². The molecule has 0 unspecified atom stereocenters. The van der Waals surface area contributed by atoms with E-state index in [1.165, 1.54) is 19.3 Å². The van der Waals surface area contributed by atoms with Crippen molar-refractivity contribution in [3.8, 4) is 5.75 Å². The molecule has 0 heterocycles. The molecule has 0 radical (unpaired) electrons. The van der Waals surface area contributed by atoms with Crippen molar-refractivity contribution in [3.63, 3.8) is 0 Å². The summed E-state index contributed by atoms with van der Waals surface area (Å²) in [7, 11) is 0. The van der Waals surface area contributed by atoms with Crippen molar-refractivity contribution >= 4 is 45.4 Å². The van der Waals surface area contributed by atoms with Gasteiger partial charge < -0.3 is 10.1 Å². The van der Waals surface area contributed by atoms with Crippen LogP contribution in [0.5, 0.6) is 5.75 Å². The monoisotopic (exact) mass is 459 g/mol. The van der Waals surface area contributed by atoms with Crippen LogP contribution < -0.4 is 15.5 Å². The third kappa shape index (κ3) is 6.14. The van der Waals surface area contributed by atoms with E-state index < -0.39 is 5.97 Å². The first-order valence-corrected chi connectivity index (χ1v) is 10.5. The molecular formula is C21H22BrN3O2S. The molecule has 1 saturated carbocycles. The lowest BCUT2D eigenvalue weighted by molar-refractivity contribution is 0.0734. The largest absolute Gasteiger partial charge is 0.422 e. The van der Waals surface area contributed by atoms with Crippen LogP contribution in [0.3, 0.4) is 0 Å². The van der Waals surface area contributed by atoms with Gasteiger partial charge in [0.25, 0.3) is 0 Å². The van der Waals surface area contributed by atoms with Gasteiger partial charge in [-0.2, -0.15) is 5.10 Å². The second-order valence-corrected chi connectivity index (χ2v) is 7.94. The van der Waals surface area contributed by atoms with Crippen molar-refractivity contribution in [1.82, 2.24) is 10.7 Å². The smallest absolute Gasteiger partial charge is 0.343 e. The van der Waals surface area contributed by atoms with Gasteiger partial charge in [-0.25, -0.2) is 4.79 Å². The summed E-state index contributed by atoms with van der Waals surface area (Å²) in [5, 5.41) is 8.00. The summed E-state index contributed by atoms with van der Waals surface area (Å²) in [6.07, 6.45) is 7.63. The van der Waals surface area contributed by atoms with Gasteiger partial charge in [-0.15, -0.1) is 0 Å². The van der Waals surface area contributed by atoms with E-state index in [0.717, 1.165) is 17.3 Å². The van der Waals surface area contributed by atoms with E-state index in [0.29, 0.717) is 28.0 Å². The molecule has 2 N–H and O–H groups in total. The Morgan fingerprint density at radius 2 is 1.89 bits per heavy atom. The molecule has 5 nitrogen and oxygen atoms in total. The number of carbonyl (C=O) groups is 1. The summed E-state index contributed by atoms with van der Waals surface area (Å²) in [5.41, 5.74) is 3.99. The molecule has 1 aliphatic carbocycles. The van der Waals surface area contributed by atoms with E-state index in [1.807, 2.05) is 18.2 Å². The van der Waals surface area contributed by atoms with Gasteiger partial charge in [0.15, 0.2) is 5.11 Å². The Balaban J connectivity index is 1.62. The number of nitrogens with one attached hydrogen (secondary N) is 2. The van der Waals surface area contributed by atoms with Gasteiger partial charge in [0.2, 0.25) is 0 Å². The number of benzene rings is 2. The second kappa shape index (κ2) is 10.3. The summed E-state index contributed by atoms with van der Waals surface area (Å²) in [5.74, 6) is 0.00813. The zero-order valence-electron chi connectivity index (χ0n) is 15.4. The Labute approximate surface area is 178 Å². The molecule has 2 aromatic rings. The van der Waals surface area contributed by atoms with Crippen LogP contribution in [0, 0.1) is 0 Å². The van der Waals surface area contributed by atoms with Crippen molar-refractivity contribution in [3.05, 3.63) is 64.1 Å². The van der Waals surface area contributed by atoms with Gasteiger partial charge in [0, 0.05) is 16.1 Å². The van der Waals surface area contributed by atoms with Crippen LogP contribution in [-0.2, 0) is 0 Å². The Hall–Kier alpha value is -2.25. The average Bonchev–Trinajstić information content (AvgIpc) is 2.71. The SMILES string of the molecule is O=C(Oc1ccc(Br)cc1/C=N/NC(=S)NC1CCCCC1)c1ccccc1. The Kier molecular flexibility index (Phi) is 7.56. The van der Waals surface area contributed by atoms with Crippen molar-refractivity contribution in [2.24, 2.45) is 5.10 Å². The second-order valence-electron chi connectivity index (χ2n) is 6.62. The highest BCUT2D eigenvalue weighted by Crippen LogP contribution is 2.23. The van der Waals surface area contributed by atoms with Crippen LogP contribution in [0.15, 0.2) is 58.1 Å². The minimum atomic E-state index is -0.417. The Morgan fingerprint density at radius 3 is 2.64 bits per heavy atom. The van der Waals surface area contributed by atoms with E-state index in [9.17, 15) is 4.79 Å². The summed E-state index contributed by atoms with van der Waals surface area (Å²) in [4.78, 5) is 12.3. The lowest BCUT2D eigenvalue weighted by Crippen LogP contribution is -2.40. The lowest BCUT2D eigenvalue weighted by Gasteiger charge is -2.23. The number of hydrogen-bond donors (Lipinski definition) is 2. The average molecular weight is 460 g/mol. The number of rotatable bonds is 5. The number of hydrazone groups is 1. The molecule has 0 aliphatic heterocycles. The summed E-state index contributed by atoms with van der Waals surface area (Å²) in [6, 6.07) is 14.7.